The first-order chi connectivity index (χ1) is 6.29. The van der Waals surface area contributed by atoms with Crippen LogP contribution in [0.4, 0.5) is 0 Å². The second-order valence-corrected chi connectivity index (χ2v) is 2.37. The summed E-state index contributed by atoms with van der Waals surface area (Å²) in [6.45, 7) is 2.04. The molecule has 1 heterocycles. The van der Waals surface area contributed by atoms with Crippen molar-refractivity contribution in [3.8, 4) is 11.8 Å². The number of hydrogen-bond acceptors (Lipinski definition) is 3. The Morgan fingerprint density at radius 1 is 1.77 bits per heavy atom. The van der Waals surface area contributed by atoms with Crippen LogP contribution in [0.1, 0.15) is 19.2 Å². The molecule has 0 saturated heterocycles. The maximum Gasteiger partial charge on any atom is 0.216 e. The molecule has 0 atom stereocenters. The average Bonchev–Trinajstić information content (AvgIpc) is 2.55. The fourth-order valence-electron chi connectivity index (χ4n) is 0.713. The number of aromatic nitrogens is 3. The van der Waals surface area contributed by atoms with E-state index in [2.05, 4.69) is 32.3 Å². The molecule has 0 aliphatic heterocycles. The summed E-state index contributed by atoms with van der Waals surface area (Å²) in [6, 6.07) is 0. The van der Waals surface area contributed by atoms with Crippen molar-refractivity contribution in [2.75, 3.05) is 6.54 Å². The van der Waals surface area contributed by atoms with Crippen LogP contribution in [-0.2, 0) is 4.79 Å². The third-order valence-electron chi connectivity index (χ3n) is 1.25. The number of hydrogen-bond donors (Lipinski definition) is 2. The van der Waals surface area contributed by atoms with Crippen molar-refractivity contribution in [3.63, 3.8) is 0 Å². The van der Waals surface area contributed by atoms with E-state index < -0.39 is 0 Å². The van der Waals surface area contributed by atoms with Crippen molar-refractivity contribution in [1.29, 1.82) is 0 Å². The molecule has 0 radical (unpaired) electrons. The Morgan fingerprint density at radius 2 is 2.62 bits per heavy atom. The smallest absolute Gasteiger partial charge is 0.216 e. The quantitative estimate of drug-likeness (QED) is 0.481. The van der Waals surface area contributed by atoms with Gasteiger partial charge in [-0.15, -0.1) is 0 Å². The molecule has 5 heteroatoms. The highest BCUT2D eigenvalue weighted by molar-refractivity contribution is 5.72. The summed E-state index contributed by atoms with van der Waals surface area (Å²) in [6.07, 6.45) is 2.01. The molecule has 0 saturated carbocycles. The fourth-order valence-corrected chi connectivity index (χ4v) is 0.713. The minimum absolute atomic E-state index is 0.0403. The van der Waals surface area contributed by atoms with Crippen molar-refractivity contribution in [2.24, 2.45) is 0 Å². The van der Waals surface area contributed by atoms with Gasteiger partial charge in [-0.1, -0.05) is 5.92 Å². The van der Waals surface area contributed by atoms with Crippen LogP contribution in [0.15, 0.2) is 6.33 Å². The third kappa shape index (κ3) is 3.91. The first-order valence-corrected chi connectivity index (χ1v) is 3.87. The molecule has 1 amide bonds. The van der Waals surface area contributed by atoms with Gasteiger partial charge in [-0.2, -0.15) is 5.10 Å². The van der Waals surface area contributed by atoms with E-state index in [1.807, 2.05) is 0 Å². The number of nitrogens with one attached hydrogen (secondary N) is 2. The summed E-state index contributed by atoms with van der Waals surface area (Å²) in [4.78, 5) is 14.3. The zero-order valence-corrected chi connectivity index (χ0v) is 7.29. The second kappa shape index (κ2) is 4.93. The van der Waals surface area contributed by atoms with E-state index in [9.17, 15) is 4.79 Å². The monoisotopic (exact) mass is 178 g/mol. The minimum atomic E-state index is -0.0403. The van der Waals surface area contributed by atoms with E-state index in [-0.39, 0.29) is 5.91 Å². The van der Waals surface area contributed by atoms with Crippen molar-refractivity contribution in [3.05, 3.63) is 12.2 Å². The van der Waals surface area contributed by atoms with E-state index in [0.29, 0.717) is 18.8 Å². The fraction of sp³-hybridized carbons (Fsp3) is 0.375. The normalized spacial score (nSPS) is 8.69. The van der Waals surface area contributed by atoms with Crippen LogP contribution in [0, 0.1) is 11.8 Å². The molecule has 1 aromatic heterocycles. The van der Waals surface area contributed by atoms with Crippen LogP contribution in [0.25, 0.3) is 0 Å². The number of amides is 1. The van der Waals surface area contributed by atoms with Crippen LogP contribution in [0.5, 0.6) is 0 Å². The Labute approximate surface area is 75.9 Å². The first-order valence-electron chi connectivity index (χ1n) is 3.87. The number of carbonyl (C=O) groups is 1. The van der Waals surface area contributed by atoms with Crippen LogP contribution >= 0.6 is 0 Å². The lowest BCUT2D eigenvalue weighted by Gasteiger charge is -1.93. The maximum atomic E-state index is 10.4. The lowest BCUT2D eigenvalue weighted by Crippen LogP contribution is -2.20. The van der Waals surface area contributed by atoms with Crippen molar-refractivity contribution in [1.82, 2.24) is 20.5 Å². The molecule has 0 aliphatic carbocycles. The van der Waals surface area contributed by atoms with Gasteiger partial charge in [0.05, 0.1) is 0 Å². The maximum absolute atomic E-state index is 10.4. The summed E-state index contributed by atoms with van der Waals surface area (Å²) in [5.41, 5.74) is 0. The van der Waals surface area contributed by atoms with Gasteiger partial charge in [0.2, 0.25) is 11.7 Å². The van der Waals surface area contributed by atoms with Gasteiger partial charge in [-0.05, 0) is 5.92 Å². The molecule has 68 valence electrons. The Kier molecular flexibility index (Phi) is 3.51. The summed E-state index contributed by atoms with van der Waals surface area (Å²) in [5, 5.41) is 8.89. The van der Waals surface area contributed by atoms with Crippen LogP contribution < -0.4 is 5.32 Å². The summed E-state index contributed by atoms with van der Waals surface area (Å²) in [5.74, 6) is 6.12. The zero-order chi connectivity index (χ0) is 9.52. The van der Waals surface area contributed by atoms with E-state index in [4.69, 9.17) is 0 Å². The highest BCUT2D eigenvalue weighted by Gasteiger charge is 1.87. The van der Waals surface area contributed by atoms with Gasteiger partial charge in [0.15, 0.2) is 0 Å². The topological polar surface area (TPSA) is 70.7 Å². The molecule has 1 aromatic rings. The molecule has 1 rings (SSSR count). The van der Waals surface area contributed by atoms with Crippen molar-refractivity contribution < 1.29 is 4.79 Å². The number of aromatic amines is 1. The highest BCUT2D eigenvalue weighted by atomic mass is 16.1. The molecular formula is C8H10N4O. The number of rotatable bonds is 2. The highest BCUT2D eigenvalue weighted by Crippen LogP contribution is 1.80. The van der Waals surface area contributed by atoms with E-state index >= 15 is 0 Å². The van der Waals surface area contributed by atoms with Gasteiger partial charge in [0.1, 0.15) is 6.33 Å². The van der Waals surface area contributed by atoms with E-state index in [1.165, 1.54) is 13.3 Å². The van der Waals surface area contributed by atoms with Crippen LogP contribution in [0.3, 0.4) is 0 Å². The SMILES string of the molecule is CC(=O)NCCC#Cc1ncn[nH]1. The predicted molar refractivity (Wildman–Crippen MR) is 46.6 cm³/mol. The molecule has 0 bridgehead atoms. The van der Waals surface area contributed by atoms with Crippen molar-refractivity contribution >= 4 is 5.91 Å². The molecule has 2 N–H and O–H groups in total. The molecule has 13 heavy (non-hydrogen) atoms. The molecule has 0 aromatic carbocycles. The van der Waals surface area contributed by atoms with E-state index in [1.54, 1.807) is 0 Å². The van der Waals surface area contributed by atoms with Gasteiger partial charge in [-0.3, -0.25) is 9.89 Å². The molecule has 0 fully saturated rings. The molecule has 0 aliphatic rings. The Morgan fingerprint density at radius 3 is 3.23 bits per heavy atom. The summed E-state index contributed by atoms with van der Waals surface area (Å²) >= 11 is 0. The molecule has 5 nitrogen and oxygen atoms in total. The van der Waals surface area contributed by atoms with Crippen LogP contribution in [-0.4, -0.2) is 27.6 Å². The van der Waals surface area contributed by atoms with Gasteiger partial charge in [0, 0.05) is 19.9 Å². The van der Waals surface area contributed by atoms with Crippen molar-refractivity contribution in [2.45, 2.75) is 13.3 Å². The predicted octanol–water partition coefficient (Wildman–Crippen LogP) is -0.318. The standard InChI is InChI=1S/C8H10N4O/c1-7(13)9-5-3-2-4-8-10-6-11-12-8/h6H,3,5H2,1H3,(H,9,13)(H,10,11,12). The summed E-state index contributed by atoms with van der Waals surface area (Å²) in [7, 11) is 0. The van der Waals surface area contributed by atoms with Gasteiger partial charge < -0.3 is 5.32 Å². The summed E-state index contributed by atoms with van der Waals surface area (Å²) < 4.78 is 0. The minimum Gasteiger partial charge on any atom is -0.355 e. The lowest BCUT2D eigenvalue weighted by molar-refractivity contribution is -0.118. The molecule has 0 unspecified atom stereocenters. The lowest BCUT2D eigenvalue weighted by atomic mass is 10.4. The Hall–Kier alpha value is -1.83. The molecule has 0 spiro atoms. The van der Waals surface area contributed by atoms with Gasteiger partial charge in [-0.25, -0.2) is 4.98 Å². The largest absolute Gasteiger partial charge is 0.355 e. The van der Waals surface area contributed by atoms with E-state index in [0.717, 1.165) is 0 Å². The Balaban J connectivity index is 2.22. The Bertz CT molecular complexity index is 320. The molecular weight excluding hydrogens is 168 g/mol. The van der Waals surface area contributed by atoms with Gasteiger partial charge in [0.25, 0.3) is 0 Å². The number of carbonyl (C=O) groups excluding carboxylic acids is 1. The van der Waals surface area contributed by atoms with Gasteiger partial charge >= 0.3 is 0 Å². The number of H-pyrrole nitrogens is 1. The van der Waals surface area contributed by atoms with Crippen LogP contribution in [0.2, 0.25) is 0 Å². The zero-order valence-electron chi connectivity index (χ0n) is 7.29. The third-order valence-corrected chi connectivity index (χ3v) is 1.25. The number of nitrogens with zero attached hydrogens (tertiary/aromatic N) is 2. The second-order valence-electron chi connectivity index (χ2n) is 2.37. The average molecular weight is 178 g/mol. The first kappa shape index (κ1) is 9.26.